The Balaban J connectivity index is 0.00000128. The maximum Gasteiger partial charge on any atom is 0.237 e. The van der Waals surface area contributed by atoms with Crippen LogP contribution in [-0.4, -0.2) is 24.5 Å². The molecule has 0 aromatic carbocycles. The van der Waals surface area contributed by atoms with Crippen molar-refractivity contribution in [2.24, 2.45) is 10.8 Å². The van der Waals surface area contributed by atoms with E-state index >= 15 is 0 Å². The molecule has 0 radical (unpaired) electrons. The zero-order valence-electron chi connectivity index (χ0n) is 10.6. The van der Waals surface area contributed by atoms with Gasteiger partial charge in [0.15, 0.2) is 0 Å². The van der Waals surface area contributed by atoms with E-state index in [0.29, 0.717) is 6.04 Å². The van der Waals surface area contributed by atoms with E-state index in [4.69, 9.17) is 0 Å². The van der Waals surface area contributed by atoms with E-state index in [2.05, 4.69) is 38.3 Å². The molecular formula is C12H23ClN2O. The lowest BCUT2D eigenvalue weighted by molar-refractivity contribution is -0.123. The Morgan fingerprint density at radius 1 is 1.25 bits per heavy atom. The van der Waals surface area contributed by atoms with Gasteiger partial charge in [0, 0.05) is 6.04 Å². The van der Waals surface area contributed by atoms with Gasteiger partial charge in [-0.25, -0.2) is 0 Å². The summed E-state index contributed by atoms with van der Waals surface area (Å²) in [5, 5.41) is 6.41. The average Bonchev–Trinajstić information content (AvgIpc) is 2.65. The monoisotopic (exact) mass is 246 g/mol. The highest BCUT2D eigenvalue weighted by Gasteiger charge is 2.65. The summed E-state index contributed by atoms with van der Waals surface area (Å²) in [5.41, 5.74) is 0.475. The molecule has 3 nitrogen and oxygen atoms in total. The number of rotatable bonds is 2. The Hall–Kier alpha value is -0.280. The van der Waals surface area contributed by atoms with Gasteiger partial charge in [-0.15, -0.1) is 12.4 Å². The van der Waals surface area contributed by atoms with E-state index in [1.807, 2.05) is 0 Å². The van der Waals surface area contributed by atoms with Crippen LogP contribution in [0.2, 0.25) is 0 Å². The summed E-state index contributed by atoms with van der Waals surface area (Å²) in [6.07, 6.45) is 2.11. The fraction of sp³-hybridized carbons (Fsp3) is 0.917. The highest BCUT2D eigenvalue weighted by atomic mass is 35.5. The molecular weight excluding hydrogens is 224 g/mol. The number of carbonyl (C=O) groups is 1. The zero-order chi connectivity index (χ0) is 11.3. The normalized spacial score (nSPS) is 30.6. The van der Waals surface area contributed by atoms with Gasteiger partial charge in [0.2, 0.25) is 5.91 Å². The van der Waals surface area contributed by atoms with Crippen LogP contribution in [0, 0.1) is 10.8 Å². The van der Waals surface area contributed by atoms with Crippen molar-refractivity contribution in [3.8, 4) is 0 Å². The predicted octanol–water partition coefficient (Wildman–Crippen LogP) is 1.71. The topological polar surface area (TPSA) is 41.1 Å². The second-order valence-corrected chi connectivity index (χ2v) is 6.03. The Labute approximate surface area is 104 Å². The van der Waals surface area contributed by atoms with Crippen molar-refractivity contribution in [1.82, 2.24) is 10.6 Å². The molecule has 2 rings (SSSR count). The lowest BCUT2D eigenvalue weighted by atomic mass is 10.0. The highest BCUT2D eigenvalue weighted by Crippen LogP contribution is 2.62. The van der Waals surface area contributed by atoms with Crippen molar-refractivity contribution < 1.29 is 4.79 Å². The number of hydrogen-bond donors (Lipinski definition) is 2. The predicted molar refractivity (Wildman–Crippen MR) is 67.8 cm³/mol. The van der Waals surface area contributed by atoms with E-state index < -0.39 is 0 Å². The Morgan fingerprint density at radius 3 is 2.19 bits per heavy atom. The van der Waals surface area contributed by atoms with Crippen LogP contribution >= 0.6 is 12.4 Å². The molecule has 2 N–H and O–H groups in total. The van der Waals surface area contributed by atoms with Crippen molar-refractivity contribution in [1.29, 1.82) is 0 Å². The minimum Gasteiger partial charge on any atom is -0.351 e. The zero-order valence-corrected chi connectivity index (χ0v) is 11.4. The summed E-state index contributed by atoms with van der Waals surface area (Å²) in [7, 11) is 0. The van der Waals surface area contributed by atoms with Gasteiger partial charge in [-0.2, -0.15) is 0 Å². The minimum atomic E-state index is 0. The summed E-state index contributed by atoms with van der Waals surface area (Å²) in [4.78, 5) is 11.9. The second kappa shape index (κ2) is 4.19. The number of hydrogen-bond acceptors (Lipinski definition) is 2. The fourth-order valence-corrected chi connectivity index (χ4v) is 2.71. The van der Waals surface area contributed by atoms with Gasteiger partial charge in [-0.05, 0) is 30.2 Å². The molecule has 94 valence electrons. The SMILES string of the molecule is CC1(C)C(NC(=O)[C@@H]2CCCN2)C1(C)C.Cl. The molecule has 1 aliphatic heterocycles. The molecule has 1 amide bonds. The van der Waals surface area contributed by atoms with E-state index in [1.165, 1.54) is 0 Å². The van der Waals surface area contributed by atoms with Crippen LogP contribution in [0.15, 0.2) is 0 Å². The molecule has 2 aliphatic rings. The van der Waals surface area contributed by atoms with Crippen LogP contribution in [0.3, 0.4) is 0 Å². The van der Waals surface area contributed by atoms with E-state index in [-0.39, 0.29) is 35.2 Å². The lowest BCUT2D eigenvalue weighted by Crippen LogP contribution is -2.42. The first-order valence-corrected chi connectivity index (χ1v) is 5.91. The average molecular weight is 247 g/mol. The second-order valence-electron chi connectivity index (χ2n) is 6.03. The number of halogens is 1. The van der Waals surface area contributed by atoms with Crippen LogP contribution in [0.4, 0.5) is 0 Å². The van der Waals surface area contributed by atoms with Gasteiger partial charge in [-0.1, -0.05) is 27.7 Å². The number of carbonyl (C=O) groups excluding carboxylic acids is 1. The van der Waals surface area contributed by atoms with E-state index in [9.17, 15) is 4.79 Å². The third-order valence-corrected chi connectivity index (χ3v) is 4.68. The minimum absolute atomic E-state index is 0. The summed E-state index contributed by atoms with van der Waals surface area (Å²) < 4.78 is 0. The molecule has 1 saturated heterocycles. The quantitative estimate of drug-likeness (QED) is 0.779. The van der Waals surface area contributed by atoms with Gasteiger partial charge in [0.1, 0.15) is 0 Å². The smallest absolute Gasteiger partial charge is 0.237 e. The molecule has 4 heteroatoms. The van der Waals surface area contributed by atoms with Gasteiger partial charge in [0.05, 0.1) is 6.04 Å². The summed E-state index contributed by atoms with van der Waals surface area (Å²) in [5.74, 6) is 0.191. The summed E-state index contributed by atoms with van der Waals surface area (Å²) in [6.45, 7) is 9.87. The van der Waals surface area contributed by atoms with Crippen molar-refractivity contribution >= 4 is 18.3 Å². The molecule has 0 spiro atoms. The van der Waals surface area contributed by atoms with Crippen molar-refractivity contribution in [2.75, 3.05) is 6.54 Å². The van der Waals surface area contributed by atoms with E-state index in [0.717, 1.165) is 19.4 Å². The summed E-state index contributed by atoms with van der Waals surface area (Å²) in [6, 6.07) is 0.386. The van der Waals surface area contributed by atoms with E-state index in [1.54, 1.807) is 0 Å². The van der Waals surface area contributed by atoms with Gasteiger partial charge in [-0.3, -0.25) is 4.79 Å². The standard InChI is InChI=1S/C12H22N2O.ClH/c1-11(2)10(12(11,3)4)14-9(15)8-6-5-7-13-8;/h8,10,13H,5-7H2,1-4H3,(H,14,15);1H/t8-;/m0./s1. The molecule has 0 bridgehead atoms. The van der Waals surface area contributed by atoms with Crippen LogP contribution < -0.4 is 10.6 Å². The van der Waals surface area contributed by atoms with Gasteiger partial charge >= 0.3 is 0 Å². The third-order valence-electron chi connectivity index (χ3n) is 4.68. The molecule has 1 saturated carbocycles. The fourth-order valence-electron chi connectivity index (χ4n) is 2.71. The lowest BCUT2D eigenvalue weighted by Gasteiger charge is -2.12. The van der Waals surface area contributed by atoms with Crippen molar-refractivity contribution in [2.45, 2.75) is 52.6 Å². The first kappa shape index (κ1) is 13.8. The van der Waals surface area contributed by atoms with Crippen molar-refractivity contribution in [3.05, 3.63) is 0 Å². The Kier molecular flexibility index (Phi) is 3.61. The molecule has 2 fully saturated rings. The molecule has 0 aromatic heterocycles. The molecule has 1 atom stereocenters. The van der Waals surface area contributed by atoms with Crippen LogP contribution in [0.1, 0.15) is 40.5 Å². The Bertz CT molecular complexity index is 269. The third kappa shape index (κ3) is 1.95. The molecule has 0 unspecified atom stereocenters. The van der Waals surface area contributed by atoms with Crippen molar-refractivity contribution in [3.63, 3.8) is 0 Å². The maximum absolute atomic E-state index is 11.9. The first-order valence-electron chi connectivity index (χ1n) is 5.91. The van der Waals surface area contributed by atoms with Gasteiger partial charge < -0.3 is 10.6 Å². The molecule has 0 aromatic rings. The molecule has 1 heterocycles. The van der Waals surface area contributed by atoms with Gasteiger partial charge in [0.25, 0.3) is 0 Å². The molecule has 1 aliphatic carbocycles. The first-order chi connectivity index (χ1) is 6.87. The van der Waals surface area contributed by atoms with Crippen LogP contribution in [-0.2, 0) is 4.79 Å². The van der Waals surface area contributed by atoms with Crippen LogP contribution in [0.5, 0.6) is 0 Å². The number of amides is 1. The van der Waals surface area contributed by atoms with Crippen LogP contribution in [0.25, 0.3) is 0 Å². The largest absolute Gasteiger partial charge is 0.351 e. The molecule has 16 heavy (non-hydrogen) atoms. The maximum atomic E-state index is 11.9. The highest BCUT2D eigenvalue weighted by molar-refractivity contribution is 5.85. The number of nitrogens with one attached hydrogen (secondary N) is 2. The summed E-state index contributed by atoms with van der Waals surface area (Å²) >= 11 is 0. The Morgan fingerprint density at radius 2 is 1.81 bits per heavy atom.